The summed E-state index contributed by atoms with van der Waals surface area (Å²) >= 11 is 0. The Labute approximate surface area is 171 Å². The summed E-state index contributed by atoms with van der Waals surface area (Å²) in [6.45, 7) is 4.83. The van der Waals surface area contributed by atoms with Crippen molar-refractivity contribution in [3.63, 3.8) is 0 Å². The molecule has 1 aliphatic carbocycles. The van der Waals surface area contributed by atoms with Crippen LogP contribution in [0.1, 0.15) is 30.2 Å². The molecule has 3 heterocycles. The van der Waals surface area contributed by atoms with Crippen LogP contribution in [0.15, 0.2) is 28.9 Å². The Morgan fingerprint density at radius 3 is 2.66 bits per heavy atom. The number of hydrogen-bond donors (Lipinski definition) is 0. The molecule has 7 nitrogen and oxygen atoms in total. The Bertz CT molecular complexity index is 982. The van der Waals surface area contributed by atoms with Gasteiger partial charge in [0, 0.05) is 57.8 Å². The van der Waals surface area contributed by atoms with E-state index in [0.717, 1.165) is 73.9 Å². The highest BCUT2D eigenvalue weighted by Crippen LogP contribution is 2.28. The molecule has 3 aromatic rings. The zero-order chi connectivity index (χ0) is 19.8. The van der Waals surface area contributed by atoms with E-state index < -0.39 is 0 Å². The largest absolute Gasteiger partial charge is 0.444 e. The standard InChI is InChI=1S/C22H28N6O/c1-26(2)22-17-13-16(7-8-18(17)23-15-24-22)28-11-9-27(10-12-28)14-21-25-19-5-3-4-6-20(19)29-21/h7-8,13,15H,3-6,9-12,14H2,1-2H3. The van der Waals surface area contributed by atoms with Gasteiger partial charge in [0.15, 0.2) is 0 Å². The zero-order valence-electron chi connectivity index (χ0n) is 17.3. The number of oxazole rings is 1. The highest BCUT2D eigenvalue weighted by atomic mass is 16.4. The Morgan fingerprint density at radius 2 is 1.86 bits per heavy atom. The second-order valence-electron chi connectivity index (χ2n) is 8.24. The average Bonchev–Trinajstić information content (AvgIpc) is 3.15. The molecule has 1 aromatic carbocycles. The van der Waals surface area contributed by atoms with Crippen molar-refractivity contribution in [3.05, 3.63) is 41.9 Å². The van der Waals surface area contributed by atoms with Crippen LogP contribution in [0.25, 0.3) is 10.9 Å². The van der Waals surface area contributed by atoms with Gasteiger partial charge in [-0.05, 0) is 37.5 Å². The molecule has 0 saturated carbocycles. The molecule has 1 aliphatic heterocycles. The van der Waals surface area contributed by atoms with Crippen molar-refractivity contribution in [1.29, 1.82) is 0 Å². The van der Waals surface area contributed by atoms with Crippen LogP contribution < -0.4 is 9.80 Å². The maximum absolute atomic E-state index is 6.02. The van der Waals surface area contributed by atoms with Gasteiger partial charge in [0.25, 0.3) is 0 Å². The molecule has 0 N–H and O–H groups in total. The summed E-state index contributed by atoms with van der Waals surface area (Å²) in [4.78, 5) is 20.5. The minimum atomic E-state index is 0.817. The first kappa shape index (κ1) is 18.4. The van der Waals surface area contributed by atoms with Gasteiger partial charge in [-0.2, -0.15) is 0 Å². The first-order valence-electron chi connectivity index (χ1n) is 10.5. The molecule has 5 rings (SSSR count). The minimum Gasteiger partial charge on any atom is -0.444 e. The molecule has 152 valence electrons. The first-order chi connectivity index (χ1) is 14.2. The van der Waals surface area contributed by atoms with Crippen LogP contribution in [0.3, 0.4) is 0 Å². The Morgan fingerprint density at radius 1 is 1.03 bits per heavy atom. The molecule has 0 radical (unpaired) electrons. The number of fused-ring (bicyclic) bond motifs is 2. The van der Waals surface area contributed by atoms with Crippen molar-refractivity contribution in [2.75, 3.05) is 50.1 Å². The van der Waals surface area contributed by atoms with E-state index in [-0.39, 0.29) is 0 Å². The predicted molar refractivity (Wildman–Crippen MR) is 115 cm³/mol. The van der Waals surface area contributed by atoms with Crippen molar-refractivity contribution < 1.29 is 4.42 Å². The van der Waals surface area contributed by atoms with Crippen LogP contribution in [0, 0.1) is 0 Å². The Hall–Kier alpha value is -2.67. The van der Waals surface area contributed by atoms with Gasteiger partial charge < -0.3 is 14.2 Å². The summed E-state index contributed by atoms with van der Waals surface area (Å²) in [5.41, 5.74) is 3.42. The average molecular weight is 393 g/mol. The predicted octanol–water partition coefficient (Wildman–Crippen LogP) is 2.88. The van der Waals surface area contributed by atoms with E-state index >= 15 is 0 Å². The maximum atomic E-state index is 6.02. The molecular weight excluding hydrogens is 364 g/mol. The zero-order valence-corrected chi connectivity index (χ0v) is 17.3. The molecule has 0 bridgehead atoms. The highest BCUT2D eigenvalue weighted by Gasteiger charge is 2.22. The highest BCUT2D eigenvalue weighted by molar-refractivity contribution is 5.91. The van der Waals surface area contributed by atoms with Gasteiger partial charge in [0.1, 0.15) is 17.9 Å². The monoisotopic (exact) mass is 392 g/mol. The third-order valence-corrected chi connectivity index (χ3v) is 6.01. The van der Waals surface area contributed by atoms with E-state index in [2.05, 4.69) is 38.0 Å². The quantitative estimate of drug-likeness (QED) is 0.676. The summed E-state index contributed by atoms with van der Waals surface area (Å²) in [7, 11) is 4.04. The van der Waals surface area contributed by atoms with Crippen LogP contribution in [0.5, 0.6) is 0 Å². The van der Waals surface area contributed by atoms with Gasteiger partial charge in [0.05, 0.1) is 17.8 Å². The van der Waals surface area contributed by atoms with Gasteiger partial charge in [-0.3, -0.25) is 4.90 Å². The molecule has 0 spiro atoms. The first-order valence-corrected chi connectivity index (χ1v) is 10.5. The summed E-state index contributed by atoms with van der Waals surface area (Å²) in [5, 5.41) is 1.10. The van der Waals surface area contributed by atoms with E-state index in [1.807, 2.05) is 19.0 Å². The lowest BCUT2D eigenvalue weighted by Gasteiger charge is -2.35. The summed E-state index contributed by atoms with van der Waals surface area (Å²) in [6.07, 6.45) is 6.23. The van der Waals surface area contributed by atoms with Crippen molar-refractivity contribution in [2.45, 2.75) is 32.2 Å². The molecule has 1 saturated heterocycles. The van der Waals surface area contributed by atoms with E-state index in [4.69, 9.17) is 9.40 Å². The summed E-state index contributed by atoms with van der Waals surface area (Å²) in [5.74, 6) is 2.98. The SMILES string of the molecule is CN(C)c1ncnc2ccc(N3CCN(Cc4nc5c(o4)CCCC5)CC3)cc12. The number of benzene rings is 1. The fourth-order valence-electron chi connectivity index (χ4n) is 4.41. The number of rotatable bonds is 4. The van der Waals surface area contributed by atoms with E-state index in [9.17, 15) is 0 Å². The fourth-order valence-corrected chi connectivity index (χ4v) is 4.41. The number of nitrogens with zero attached hydrogens (tertiary/aromatic N) is 6. The molecule has 29 heavy (non-hydrogen) atoms. The Balaban J connectivity index is 1.27. The molecular formula is C22H28N6O. The number of hydrogen-bond acceptors (Lipinski definition) is 7. The topological polar surface area (TPSA) is 61.5 Å². The molecule has 2 aromatic heterocycles. The van der Waals surface area contributed by atoms with Crippen LogP contribution in [-0.4, -0.2) is 60.1 Å². The number of aromatic nitrogens is 3. The van der Waals surface area contributed by atoms with E-state index in [1.165, 1.54) is 24.2 Å². The molecule has 2 aliphatic rings. The lowest BCUT2D eigenvalue weighted by Crippen LogP contribution is -2.46. The fraction of sp³-hybridized carbons (Fsp3) is 0.500. The van der Waals surface area contributed by atoms with Crippen molar-refractivity contribution in [1.82, 2.24) is 19.9 Å². The van der Waals surface area contributed by atoms with Crippen molar-refractivity contribution in [2.24, 2.45) is 0 Å². The summed E-state index contributed by atoms with van der Waals surface area (Å²) in [6, 6.07) is 6.50. The van der Waals surface area contributed by atoms with Gasteiger partial charge >= 0.3 is 0 Å². The summed E-state index contributed by atoms with van der Waals surface area (Å²) < 4.78 is 6.02. The number of anilines is 2. The van der Waals surface area contributed by atoms with Crippen molar-refractivity contribution >= 4 is 22.4 Å². The minimum absolute atomic E-state index is 0.817. The van der Waals surface area contributed by atoms with E-state index in [1.54, 1.807) is 6.33 Å². The smallest absolute Gasteiger partial charge is 0.208 e. The maximum Gasteiger partial charge on any atom is 0.208 e. The lowest BCUT2D eigenvalue weighted by molar-refractivity contribution is 0.224. The Kier molecular flexibility index (Phi) is 4.83. The van der Waals surface area contributed by atoms with Crippen LogP contribution >= 0.6 is 0 Å². The molecule has 0 atom stereocenters. The van der Waals surface area contributed by atoms with Gasteiger partial charge in [0.2, 0.25) is 5.89 Å². The molecule has 7 heteroatoms. The third kappa shape index (κ3) is 3.67. The second-order valence-corrected chi connectivity index (χ2v) is 8.24. The van der Waals surface area contributed by atoms with E-state index in [0.29, 0.717) is 0 Å². The van der Waals surface area contributed by atoms with Crippen LogP contribution in [0.2, 0.25) is 0 Å². The lowest BCUT2D eigenvalue weighted by atomic mass is 10.0. The van der Waals surface area contributed by atoms with Gasteiger partial charge in [-0.25, -0.2) is 15.0 Å². The normalized spacial score (nSPS) is 17.5. The van der Waals surface area contributed by atoms with Gasteiger partial charge in [-0.1, -0.05) is 0 Å². The molecule has 0 unspecified atom stereocenters. The molecule has 1 fully saturated rings. The number of aryl methyl sites for hydroxylation is 2. The second kappa shape index (κ2) is 7.63. The molecule has 0 amide bonds. The van der Waals surface area contributed by atoms with Crippen molar-refractivity contribution in [3.8, 4) is 0 Å². The van der Waals surface area contributed by atoms with Crippen LogP contribution in [-0.2, 0) is 19.4 Å². The van der Waals surface area contributed by atoms with Crippen LogP contribution in [0.4, 0.5) is 11.5 Å². The third-order valence-electron chi connectivity index (χ3n) is 6.01. The number of piperazine rings is 1. The van der Waals surface area contributed by atoms with Gasteiger partial charge in [-0.15, -0.1) is 0 Å².